The molecule has 0 bridgehead atoms. The number of nitrogens with zero attached hydrogens (tertiary/aromatic N) is 1. The molecule has 2 atom stereocenters. The number of hydrogen-bond donors (Lipinski definition) is 1. The highest BCUT2D eigenvalue weighted by molar-refractivity contribution is 4.87. The van der Waals surface area contributed by atoms with Crippen LogP contribution in [0.3, 0.4) is 0 Å². The van der Waals surface area contributed by atoms with Crippen LogP contribution in [0.2, 0.25) is 0 Å². The van der Waals surface area contributed by atoms with Crippen LogP contribution >= 0.6 is 0 Å². The zero-order chi connectivity index (χ0) is 13.3. The SMILES string of the molecule is CNC(C)C(C)(C)CN1CCC(C(F)(F)F)C1. The summed E-state index contributed by atoms with van der Waals surface area (Å²) in [6.45, 7) is 7.68. The minimum absolute atomic E-state index is 0.0186. The fraction of sp³-hybridized carbons (Fsp3) is 1.00. The van der Waals surface area contributed by atoms with E-state index in [2.05, 4.69) is 26.1 Å². The normalized spacial score (nSPS) is 25.2. The Hall–Kier alpha value is -0.290. The molecular formula is C12H23F3N2. The number of likely N-dealkylation sites (tertiary alicyclic amines) is 1. The molecule has 1 heterocycles. The Morgan fingerprint density at radius 1 is 1.35 bits per heavy atom. The van der Waals surface area contributed by atoms with Gasteiger partial charge >= 0.3 is 6.18 Å². The summed E-state index contributed by atoms with van der Waals surface area (Å²) in [7, 11) is 1.88. The molecule has 5 heteroatoms. The van der Waals surface area contributed by atoms with E-state index in [1.165, 1.54) is 0 Å². The Kier molecular flexibility index (Phi) is 4.47. The van der Waals surface area contributed by atoms with Crippen molar-refractivity contribution in [2.24, 2.45) is 11.3 Å². The van der Waals surface area contributed by atoms with Crippen molar-refractivity contribution in [1.82, 2.24) is 10.2 Å². The first-order chi connectivity index (χ1) is 7.66. The molecule has 0 saturated carbocycles. The molecule has 17 heavy (non-hydrogen) atoms. The lowest BCUT2D eigenvalue weighted by Crippen LogP contribution is -2.45. The molecule has 2 nitrogen and oxygen atoms in total. The molecule has 2 unspecified atom stereocenters. The van der Waals surface area contributed by atoms with Crippen molar-refractivity contribution >= 4 is 0 Å². The van der Waals surface area contributed by atoms with Gasteiger partial charge < -0.3 is 10.2 Å². The number of rotatable bonds is 4. The topological polar surface area (TPSA) is 15.3 Å². The van der Waals surface area contributed by atoms with Crippen LogP contribution in [0.5, 0.6) is 0 Å². The first-order valence-electron chi connectivity index (χ1n) is 6.13. The van der Waals surface area contributed by atoms with Crippen LogP contribution in [0.4, 0.5) is 13.2 Å². The zero-order valence-corrected chi connectivity index (χ0v) is 11.1. The van der Waals surface area contributed by atoms with Crippen LogP contribution in [0.1, 0.15) is 27.2 Å². The number of hydrogen-bond acceptors (Lipinski definition) is 2. The Balaban J connectivity index is 2.50. The predicted molar refractivity (Wildman–Crippen MR) is 62.9 cm³/mol. The van der Waals surface area contributed by atoms with E-state index in [0.29, 0.717) is 13.1 Å². The first kappa shape index (κ1) is 14.8. The molecule has 1 fully saturated rings. The molecule has 1 aliphatic heterocycles. The molecule has 1 aliphatic rings. The van der Waals surface area contributed by atoms with Crippen LogP contribution < -0.4 is 5.32 Å². The molecule has 0 aromatic rings. The standard InChI is InChI=1S/C12H23F3N2/c1-9(16-4)11(2,3)8-17-6-5-10(7-17)12(13,14)15/h9-10,16H,5-8H2,1-4H3. The van der Waals surface area contributed by atoms with Gasteiger partial charge in [-0.3, -0.25) is 0 Å². The van der Waals surface area contributed by atoms with E-state index in [0.717, 1.165) is 0 Å². The lowest BCUT2D eigenvalue weighted by molar-refractivity contribution is -0.170. The molecule has 0 spiro atoms. The van der Waals surface area contributed by atoms with Gasteiger partial charge in [-0.15, -0.1) is 0 Å². The van der Waals surface area contributed by atoms with E-state index >= 15 is 0 Å². The lowest BCUT2D eigenvalue weighted by atomic mass is 9.85. The summed E-state index contributed by atoms with van der Waals surface area (Å²) >= 11 is 0. The molecule has 0 aromatic carbocycles. The quantitative estimate of drug-likeness (QED) is 0.827. The van der Waals surface area contributed by atoms with Gasteiger partial charge in [0.25, 0.3) is 0 Å². The monoisotopic (exact) mass is 252 g/mol. The summed E-state index contributed by atoms with van der Waals surface area (Å²) in [4.78, 5) is 1.94. The lowest BCUT2D eigenvalue weighted by Gasteiger charge is -2.35. The van der Waals surface area contributed by atoms with E-state index in [9.17, 15) is 13.2 Å². The van der Waals surface area contributed by atoms with Crippen molar-refractivity contribution in [2.45, 2.75) is 39.4 Å². The van der Waals surface area contributed by atoms with Crippen molar-refractivity contribution in [1.29, 1.82) is 0 Å². The van der Waals surface area contributed by atoms with E-state index in [1.807, 2.05) is 11.9 Å². The highest BCUT2D eigenvalue weighted by atomic mass is 19.4. The van der Waals surface area contributed by atoms with Gasteiger partial charge in [0.05, 0.1) is 5.92 Å². The van der Waals surface area contributed by atoms with E-state index in [-0.39, 0.29) is 24.4 Å². The second-order valence-electron chi connectivity index (χ2n) is 5.76. The Morgan fingerprint density at radius 2 is 1.94 bits per heavy atom. The van der Waals surface area contributed by atoms with E-state index in [4.69, 9.17) is 0 Å². The summed E-state index contributed by atoms with van der Waals surface area (Å²) in [5.74, 6) is -1.14. The highest BCUT2D eigenvalue weighted by Gasteiger charge is 2.44. The van der Waals surface area contributed by atoms with Gasteiger partial charge in [0.15, 0.2) is 0 Å². The smallest absolute Gasteiger partial charge is 0.317 e. The zero-order valence-electron chi connectivity index (χ0n) is 11.1. The third kappa shape index (κ3) is 3.85. The van der Waals surface area contributed by atoms with Gasteiger partial charge in [-0.2, -0.15) is 13.2 Å². The average molecular weight is 252 g/mol. The number of alkyl halides is 3. The van der Waals surface area contributed by atoms with Gasteiger partial charge in [0.2, 0.25) is 0 Å². The molecule has 1 rings (SSSR count). The molecule has 0 aromatic heterocycles. The van der Waals surface area contributed by atoms with Crippen molar-refractivity contribution in [3.8, 4) is 0 Å². The first-order valence-corrected chi connectivity index (χ1v) is 6.13. The van der Waals surface area contributed by atoms with E-state index < -0.39 is 12.1 Å². The van der Waals surface area contributed by atoms with Crippen molar-refractivity contribution in [3.63, 3.8) is 0 Å². The van der Waals surface area contributed by atoms with Crippen molar-refractivity contribution in [3.05, 3.63) is 0 Å². The van der Waals surface area contributed by atoms with Gasteiger partial charge in [0, 0.05) is 19.1 Å². The Morgan fingerprint density at radius 3 is 2.35 bits per heavy atom. The summed E-state index contributed by atoms with van der Waals surface area (Å²) < 4.78 is 37.7. The van der Waals surface area contributed by atoms with Crippen molar-refractivity contribution in [2.75, 3.05) is 26.7 Å². The molecule has 0 radical (unpaired) electrons. The molecule has 1 saturated heterocycles. The molecule has 102 valence electrons. The van der Waals surface area contributed by atoms with Gasteiger partial charge in [-0.1, -0.05) is 13.8 Å². The minimum atomic E-state index is -4.03. The van der Waals surface area contributed by atoms with Crippen LogP contribution in [-0.4, -0.2) is 43.8 Å². The molecular weight excluding hydrogens is 229 g/mol. The molecule has 0 amide bonds. The number of nitrogens with one attached hydrogen (secondary N) is 1. The fourth-order valence-electron chi connectivity index (χ4n) is 2.35. The van der Waals surface area contributed by atoms with Crippen LogP contribution in [0.15, 0.2) is 0 Å². The third-order valence-electron chi connectivity index (χ3n) is 3.97. The molecule has 0 aliphatic carbocycles. The third-order valence-corrected chi connectivity index (χ3v) is 3.97. The minimum Gasteiger partial charge on any atom is -0.317 e. The predicted octanol–water partition coefficient (Wildman–Crippen LogP) is 2.50. The van der Waals surface area contributed by atoms with Crippen LogP contribution in [0.25, 0.3) is 0 Å². The average Bonchev–Trinajstić information content (AvgIpc) is 2.63. The van der Waals surface area contributed by atoms with Crippen LogP contribution in [0, 0.1) is 11.3 Å². The second kappa shape index (κ2) is 5.14. The van der Waals surface area contributed by atoms with E-state index in [1.54, 1.807) is 0 Å². The maximum absolute atomic E-state index is 12.6. The Labute approximate surface area is 102 Å². The Bertz CT molecular complexity index is 251. The number of halogens is 3. The van der Waals surface area contributed by atoms with Gasteiger partial charge in [-0.05, 0) is 32.4 Å². The summed E-state index contributed by atoms with van der Waals surface area (Å²) in [5, 5.41) is 3.17. The van der Waals surface area contributed by atoms with Gasteiger partial charge in [-0.25, -0.2) is 0 Å². The summed E-state index contributed by atoms with van der Waals surface area (Å²) in [6, 6.07) is 0.285. The summed E-state index contributed by atoms with van der Waals surface area (Å²) in [5.41, 5.74) is -0.0186. The largest absolute Gasteiger partial charge is 0.393 e. The van der Waals surface area contributed by atoms with Gasteiger partial charge in [0.1, 0.15) is 0 Å². The second-order valence-corrected chi connectivity index (χ2v) is 5.76. The van der Waals surface area contributed by atoms with Crippen LogP contribution in [-0.2, 0) is 0 Å². The molecule has 1 N–H and O–H groups in total. The fourth-order valence-corrected chi connectivity index (χ4v) is 2.35. The van der Waals surface area contributed by atoms with Crippen molar-refractivity contribution < 1.29 is 13.2 Å². The summed E-state index contributed by atoms with van der Waals surface area (Å²) in [6.07, 6.45) is -3.79. The highest BCUT2D eigenvalue weighted by Crippen LogP contribution is 2.35. The maximum Gasteiger partial charge on any atom is 0.393 e. The maximum atomic E-state index is 12.6.